The van der Waals surface area contributed by atoms with E-state index in [-0.39, 0.29) is 0 Å². The second-order valence-electron chi connectivity index (χ2n) is 6.06. The molecule has 5 aromatic rings. The highest BCUT2D eigenvalue weighted by molar-refractivity contribution is 5.94. The van der Waals surface area contributed by atoms with Crippen LogP contribution in [-0.4, -0.2) is 20.2 Å². The molecule has 0 saturated heterocycles. The topological polar surface area (TPSA) is 57.4 Å². The molecule has 4 nitrogen and oxygen atoms in total. The van der Waals surface area contributed by atoms with Gasteiger partial charge < -0.3 is 4.98 Å². The van der Waals surface area contributed by atoms with Crippen LogP contribution in [0.3, 0.4) is 0 Å². The summed E-state index contributed by atoms with van der Waals surface area (Å²) >= 11 is 0. The van der Waals surface area contributed by atoms with Gasteiger partial charge in [0, 0.05) is 28.3 Å². The van der Waals surface area contributed by atoms with Crippen LogP contribution >= 0.6 is 0 Å². The number of nitrogens with zero attached hydrogens (tertiary/aromatic N) is 2. The van der Waals surface area contributed by atoms with Crippen molar-refractivity contribution in [1.82, 2.24) is 20.2 Å². The Bertz CT molecular complexity index is 1240. The monoisotopic (exact) mass is 334 g/mol. The molecule has 2 aromatic heterocycles. The Kier molecular flexibility index (Phi) is 3.29. The third kappa shape index (κ3) is 2.52. The van der Waals surface area contributed by atoms with E-state index < -0.39 is 0 Å². The lowest BCUT2D eigenvalue weighted by atomic mass is 10.1. The Balaban J connectivity index is 1.62. The first-order valence-corrected chi connectivity index (χ1v) is 8.36. The predicted molar refractivity (Wildman–Crippen MR) is 104 cm³/mol. The first-order chi connectivity index (χ1) is 12.9. The molecule has 0 aliphatic carbocycles. The zero-order valence-corrected chi connectivity index (χ0v) is 13.8. The number of nitrogens with one attached hydrogen (secondary N) is 2. The van der Waals surface area contributed by atoms with E-state index >= 15 is 0 Å². The molecule has 122 valence electrons. The van der Waals surface area contributed by atoms with Gasteiger partial charge in [0.05, 0.1) is 16.6 Å². The number of rotatable bonds is 1. The van der Waals surface area contributed by atoms with Gasteiger partial charge in [0.15, 0.2) is 0 Å². The van der Waals surface area contributed by atoms with Gasteiger partial charge in [-0.15, -0.1) is 0 Å². The molecule has 0 radical (unpaired) electrons. The van der Waals surface area contributed by atoms with Crippen LogP contribution in [0.2, 0.25) is 0 Å². The Hall–Kier alpha value is -3.84. The zero-order valence-electron chi connectivity index (χ0n) is 13.8. The molecule has 5 rings (SSSR count). The minimum Gasteiger partial charge on any atom is -0.338 e. The van der Waals surface area contributed by atoms with E-state index in [1.54, 1.807) is 0 Å². The van der Waals surface area contributed by atoms with Gasteiger partial charge in [-0.3, -0.25) is 5.10 Å². The SMILES string of the molecule is C(#Cc1ccccc1-c1nc2cc3c[nH]nc3cc2[nH]1)c1ccccc1. The van der Waals surface area contributed by atoms with Crippen molar-refractivity contribution in [2.75, 3.05) is 0 Å². The van der Waals surface area contributed by atoms with Gasteiger partial charge >= 0.3 is 0 Å². The van der Waals surface area contributed by atoms with Crippen molar-refractivity contribution in [2.45, 2.75) is 0 Å². The fourth-order valence-electron chi connectivity index (χ4n) is 3.03. The summed E-state index contributed by atoms with van der Waals surface area (Å²) in [6.45, 7) is 0. The number of benzene rings is 3. The average Bonchev–Trinajstić information content (AvgIpc) is 3.31. The lowest BCUT2D eigenvalue weighted by Gasteiger charge is -2.00. The lowest BCUT2D eigenvalue weighted by molar-refractivity contribution is 1.12. The molecule has 0 unspecified atom stereocenters. The fraction of sp³-hybridized carbons (Fsp3) is 0. The number of aromatic amines is 2. The molecular weight excluding hydrogens is 320 g/mol. The summed E-state index contributed by atoms with van der Waals surface area (Å²) < 4.78 is 0. The number of hydrogen-bond donors (Lipinski definition) is 2. The molecule has 0 amide bonds. The third-order valence-electron chi connectivity index (χ3n) is 4.33. The largest absolute Gasteiger partial charge is 0.338 e. The van der Waals surface area contributed by atoms with Crippen LogP contribution in [0.15, 0.2) is 72.9 Å². The summed E-state index contributed by atoms with van der Waals surface area (Å²) in [4.78, 5) is 8.16. The van der Waals surface area contributed by atoms with Crippen molar-refractivity contribution in [1.29, 1.82) is 0 Å². The molecular formula is C22H14N4. The summed E-state index contributed by atoms with van der Waals surface area (Å²) in [7, 11) is 0. The minimum atomic E-state index is 0.814. The minimum absolute atomic E-state index is 0.814. The van der Waals surface area contributed by atoms with Gasteiger partial charge in [-0.2, -0.15) is 5.10 Å². The quantitative estimate of drug-likeness (QED) is 0.443. The summed E-state index contributed by atoms with van der Waals surface area (Å²) in [5.74, 6) is 7.31. The molecule has 0 fully saturated rings. The van der Waals surface area contributed by atoms with Gasteiger partial charge in [-0.25, -0.2) is 4.98 Å². The summed E-state index contributed by atoms with van der Waals surface area (Å²) in [6.07, 6.45) is 1.88. The Morgan fingerprint density at radius 1 is 0.808 bits per heavy atom. The van der Waals surface area contributed by atoms with Crippen molar-refractivity contribution in [3.8, 4) is 23.2 Å². The highest BCUT2D eigenvalue weighted by Gasteiger charge is 2.10. The number of hydrogen-bond acceptors (Lipinski definition) is 2. The van der Waals surface area contributed by atoms with Gasteiger partial charge in [0.25, 0.3) is 0 Å². The van der Waals surface area contributed by atoms with Crippen LogP contribution in [0, 0.1) is 11.8 Å². The van der Waals surface area contributed by atoms with E-state index in [9.17, 15) is 0 Å². The Morgan fingerprint density at radius 2 is 1.65 bits per heavy atom. The molecule has 2 N–H and O–H groups in total. The molecule has 0 saturated carbocycles. The number of H-pyrrole nitrogens is 2. The number of imidazole rings is 1. The number of fused-ring (bicyclic) bond motifs is 2. The van der Waals surface area contributed by atoms with Gasteiger partial charge in [-0.05, 0) is 36.4 Å². The Labute approximate surface area is 149 Å². The highest BCUT2D eigenvalue weighted by atomic mass is 15.1. The first-order valence-electron chi connectivity index (χ1n) is 8.36. The van der Waals surface area contributed by atoms with Crippen LogP contribution in [0.4, 0.5) is 0 Å². The second-order valence-corrected chi connectivity index (χ2v) is 6.06. The van der Waals surface area contributed by atoms with Crippen LogP contribution in [0.25, 0.3) is 33.3 Å². The smallest absolute Gasteiger partial charge is 0.139 e. The van der Waals surface area contributed by atoms with Crippen molar-refractivity contribution in [3.63, 3.8) is 0 Å². The maximum atomic E-state index is 4.76. The van der Waals surface area contributed by atoms with Crippen LogP contribution < -0.4 is 0 Å². The van der Waals surface area contributed by atoms with Crippen LogP contribution in [-0.2, 0) is 0 Å². The predicted octanol–water partition coefficient (Wildman–Crippen LogP) is 4.51. The molecule has 3 aromatic carbocycles. The standard InChI is InChI=1S/C22H14N4/c1-2-6-15(7-3-1)10-11-16-8-4-5-9-18(16)22-24-20-12-17-14-23-26-19(17)13-21(20)25-22/h1-9,12-14H,(H,23,26)(H,24,25). The van der Waals surface area contributed by atoms with Gasteiger partial charge in [-0.1, -0.05) is 42.2 Å². The lowest BCUT2D eigenvalue weighted by Crippen LogP contribution is -1.86. The molecule has 26 heavy (non-hydrogen) atoms. The fourth-order valence-corrected chi connectivity index (χ4v) is 3.03. The molecule has 0 spiro atoms. The molecule has 4 heteroatoms. The maximum absolute atomic E-state index is 4.76. The average molecular weight is 334 g/mol. The summed E-state index contributed by atoms with van der Waals surface area (Å²) in [6, 6.07) is 22.1. The third-order valence-corrected chi connectivity index (χ3v) is 4.33. The molecule has 0 aliphatic rings. The summed E-state index contributed by atoms with van der Waals surface area (Å²) in [5.41, 5.74) is 5.73. The van der Waals surface area contributed by atoms with E-state index in [0.717, 1.165) is 44.5 Å². The molecule has 0 aliphatic heterocycles. The van der Waals surface area contributed by atoms with E-state index in [0.29, 0.717) is 0 Å². The van der Waals surface area contributed by atoms with Gasteiger partial charge in [0.2, 0.25) is 0 Å². The number of aromatic nitrogens is 4. The molecule has 0 bridgehead atoms. The zero-order chi connectivity index (χ0) is 17.3. The van der Waals surface area contributed by atoms with E-state index in [2.05, 4.69) is 27.0 Å². The first kappa shape index (κ1) is 14.5. The van der Waals surface area contributed by atoms with E-state index in [1.807, 2.05) is 72.9 Å². The normalized spacial score (nSPS) is 10.8. The second kappa shape index (κ2) is 5.91. The van der Waals surface area contributed by atoms with Crippen molar-refractivity contribution < 1.29 is 0 Å². The van der Waals surface area contributed by atoms with Crippen molar-refractivity contribution >= 4 is 21.9 Å². The van der Waals surface area contributed by atoms with Crippen molar-refractivity contribution in [2.24, 2.45) is 0 Å². The van der Waals surface area contributed by atoms with E-state index in [1.165, 1.54) is 0 Å². The van der Waals surface area contributed by atoms with Crippen LogP contribution in [0.1, 0.15) is 11.1 Å². The maximum Gasteiger partial charge on any atom is 0.139 e. The van der Waals surface area contributed by atoms with Crippen LogP contribution in [0.5, 0.6) is 0 Å². The highest BCUT2D eigenvalue weighted by Crippen LogP contribution is 2.26. The molecule has 2 heterocycles. The van der Waals surface area contributed by atoms with Crippen molar-refractivity contribution in [3.05, 3.63) is 84.1 Å². The Morgan fingerprint density at radius 3 is 2.58 bits per heavy atom. The van der Waals surface area contributed by atoms with E-state index in [4.69, 9.17) is 4.98 Å². The summed E-state index contributed by atoms with van der Waals surface area (Å²) in [5, 5.41) is 8.17. The molecule has 0 atom stereocenters. The van der Waals surface area contributed by atoms with Gasteiger partial charge in [0.1, 0.15) is 5.82 Å².